The number of nitrogens with one attached hydrogen (secondary N) is 1. The molecule has 3 nitrogen and oxygen atoms in total. The summed E-state index contributed by atoms with van der Waals surface area (Å²) in [5, 5.41) is 2.23. The lowest BCUT2D eigenvalue weighted by atomic mass is 10.2. The molecule has 0 bridgehead atoms. The van der Waals surface area contributed by atoms with E-state index in [1.807, 2.05) is 0 Å². The molecule has 20 heavy (non-hydrogen) atoms. The van der Waals surface area contributed by atoms with Gasteiger partial charge in [0.2, 0.25) is 0 Å². The third kappa shape index (κ3) is 2.83. The van der Waals surface area contributed by atoms with Crippen molar-refractivity contribution in [2.75, 3.05) is 7.05 Å². The molecule has 0 spiro atoms. The van der Waals surface area contributed by atoms with E-state index in [1.54, 1.807) is 7.05 Å². The molecule has 1 fully saturated rings. The van der Waals surface area contributed by atoms with Crippen LogP contribution in [0.3, 0.4) is 0 Å². The Morgan fingerprint density at radius 3 is 2.40 bits per heavy atom. The van der Waals surface area contributed by atoms with Gasteiger partial charge in [-0.25, -0.2) is 8.42 Å². The van der Waals surface area contributed by atoms with Crippen molar-refractivity contribution in [2.24, 2.45) is 0 Å². The molecule has 0 heterocycles. The number of sulfone groups is 1. The minimum Gasteiger partial charge on any atom is -0.317 e. The van der Waals surface area contributed by atoms with Crippen LogP contribution in [0.1, 0.15) is 24.8 Å². The maximum absolute atomic E-state index is 12.9. The van der Waals surface area contributed by atoms with Gasteiger partial charge in [-0.15, -0.1) is 0 Å². The normalized spacial score (nSPS) is 24.0. The standard InChI is InChI=1S/C13H16F3NO2S/c1-17-9-6-7-10(8-9)20(18,19)12-5-3-2-4-11(12)13(14,15)16/h2-5,9-10,17H,6-8H2,1H3. The Morgan fingerprint density at radius 1 is 1.20 bits per heavy atom. The van der Waals surface area contributed by atoms with Gasteiger partial charge in [0.05, 0.1) is 15.7 Å². The highest BCUT2D eigenvalue weighted by Crippen LogP contribution is 2.38. The average molecular weight is 307 g/mol. The number of benzene rings is 1. The summed E-state index contributed by atoms with van der Waals surface area (Å²) in [5.74, 6) is 0. The SMILES string of the molecule is CNC1CCC(S(=O)(=O)c2ccccc2C(F)(F)F)C1. The van der Waals surface area contributed by atoms with Crippen molar-refractivity contribution in [1.82, 2.24) is 5.32 Å². The van der Waals surface area contributed by atoms with E-state index in [-0.39, 0.29) is 6.04 Å². The van der Waals surface area contributed by atoms with Gasteiger partial charge in [0, 0.05) is 6.04 Å². The van der Waals surface area contributed by atoms with Gasteiger partial charge in [0.1, 0.15) is 0 Å². The molecule has 2 unspecified atom stereocenters. The Balaban J connectivity index is 2.41. The van der Waals surface area contributed by atoms with Crippen LogP contribution in [-0.4, -0.2) is 26.8 Å². The smallest absolute Gasteiger partial charge is 0.317 e. The molecule has 112 valence electrons. The highest BCUT2D eigenvalue weighted by atomic mass is 32.2. The van der Waals surface area contributed by atoms with Crippen molar-refractivity contribution in [3.8, 4) is 0 Å². The van der Waals surface area contributed by atoms with Crippen molar-refractivity contribution in [3.05, 3.63) is 29.8 Å². The summed E-state index contributed by atoms with van der Waals surface area (Å²) in [6, 6.07) is 4.44. The van der Waals surface area contributed by atoms with Crippen molar-refractivity contribution in [3.63, 3.8) is 0 Å². The molecule has 1 aromatic rings. The molecule has 1 N–H and O–H groups in total. The lowest BCUT2D eigenvalue weighted by molar-refractivity contribution is -0.139. The van der Waals surface area contributed by atoms with Gasteiger partial charge in [-0.05, 0) is 38.4 Å². The quantitative estimate of drug-likeness (QED) is 0.934. The largest absolute Gasteiger partial charge is 0.417 e. The number of halogens is 3. The summed E-state index contributed by atoms with van der Waals surface area (Å²) in [6.07, 6.45) is -3.26. The summed E-state index contributed by atoms with van der Waals surface area (Å²) in [6.45, 7) is 0. The monoisotopic (exact) mass is 307 g/mol. The van der Waals surface area contributed by atoms with Crippen LogP contribution in [-0.2, 0) is 16.0 Å². The van der Waals surface area contributed by atoms with E-state index < -0.39 is 31.7 Å². The van der Waals surface area contributed by atoms with Gasteiger partial charge >= 0.3 is 6.18 Å². The van der Waals surface area contributed by atoms with Crippen molar-refractivity contribution in [2.45, 2.75) is 41.6 Å². The van der Waals surface area contributed by atoms with E-state index >= 15 is 0 Å². The third-order valence-corrected chi connectivity index (χ3v) is 6.01. The Kier molecular flexibility index (Phi) is 4.11. The Hall–Kier alpha value is -1.08. The van der Waals surface area contributed by atoms with E-state index in [0.717, 1.165) is 12.1 Å². The fourth-order valence-corrected chi connectivity index (χ4v) is 4.66. The van der Waals surface area contributed by atoms with Crippen molar-refractivity contribution < 1.29 is 21.6 Å². The molecule has 0 radical (unpaired) electrons. The molecule has 2 atom stereocenters. The lowest BCUT2D eigenvalue weighted by Gasteiger charge is -2.17. The van der Waals surface area contributed by atoms with E-state index in [9.17, 15) is 21.6 Å². The molecule has 2 rings (SSSR count). The van der Waals surface area contributed by atoms with Crippen LogP contribution >= 0.6 is 0 Å². The summed E-state index contributed by atoms with van der Waals surface area (Å²) in [4.78, 5) is -0.603. The fraction of sp³-hybridized carbons (Fsp3) is 0.538. The minimum absolute atomic E-state index is 0.0489. The van der Waals surface area contributed by atoms with Crippen molar-refractivity contribution >= 4 is 9.84 Å². The second-order valence-corrected chi connectivity index (χ2v) is 7.16. The third-order valence-electron chi connectivity index (χ3n) is 3.73. The van der Waals surface area contributed by atoms with Gasteiger partial charge in [-0.1, -0.05) is 12.1 Å². The van der Waals surface area contributed by atoms with Crippen LogP contribution < -0.4 is 5.32 Å². The van der Waals surface area contributed by atoms with Crippen LogP contribution in [0, 0.1) is 0 Å². The molecule has 0 aromatic heterocycles. The van der Waals surface area contributed by atoms with E-state index in [0.29, 0.717) is 19.3 Å². The zero-order chi connectivity index (χ0) is 15.0. The Labute approximate surface area is 116 Å². The molecule has 0 saturated heterocycles. The summed E-state index contributed by atoms with van der Waals surface area (Å²) in [5.41, 5.74) is -1.08. The van der Waals surface area contributed by atoms with Crippen LogP contribution in [0.15, 0.2) is 29.2 Å². The van der Waals surface area contributed by atoms with Crippen LogP contribution in [0.25, 0.3) is 0 Å². The van der Waals surface area contributed by atoms with Gasteiger partial charge in [0.15, 0.2) is 9.84 Å². The summed E-state index contributed by atoms with van der Waals surface area (Å²) < 4.78 is 63.7. The first kappa shape index (κ1) is 15.3. The Bertz CT molecular complexity index is 584. The number of rotatable bonds is 3. The average Bonchev–Trinajstić information content (AvgIpc) is 2.87. The molecule has 0 amide bonds. The second kappa shape index (κ2) is 5.37. The zero-order valence-corrected chi connectivity index (χ0v) is 11.8. The zero-order valence-electron chi connectivity index (χ0n) is 10.9. The van der Waals surface area contributed by atoms with E-state index in [2.05, 4.69) is 5.32 Å². The topological polar surface area (TPSA) is 46.2 Å². The highest BCUT2D eigenvalue weighted by Gasteiger charge is 2.41. The molecule has 7 heteroatoms. The number of hydrogen-bond donors (Lipinski definition) is 1. The molecule has 1 aliphatic rings. The second-order valence-electron chi connectivity index (χ2n) is 4.96. The molecular formula is C13H16F3NO2S. The predicted octanol–water partition coefficient (Wildman–Crippen LogP) is 2.62. The molecule has 0 aliphatic heterocycles. The number of hydrogen-bond acceptors (Lipinski definition) is 3. The predicted molar refractivity (Wildman–Crippen MR) is 69.1 cm³/mol. The Morgan fingerprint density at radius 2 is 1.85 bits per heavy atom. The lowest BCUT2D eigenvalue weighted by Crippen LogP contribution is -2.26. The van der Waals surface area contributed by atoms with Crippen molar-refractivity contribution in [1.29, 1.82) is 0 Å². The van der Waals surface area contributed by atoms with Crippen LogP contribution in [0.5, 0.6) is 0 Å². The van der Waals surface area contributed by atoms with E-state index in [1.165, 1.54) is 12.1 Å². The van der Waals surface area contributed by atoms with Crippen LogP contribution in [0.4, 0.5) is 13.2 Å². The summed E-state index contributed by atoms with van der Waals surface area (Å²) >= 11 is 0. The van der Waals surface area contributed by atoms with Crippen LogP contribution in [0.2, 0.25) is 0 Å². The van der Waals surface area contributed by atoms with Gasteiger partial charge < -0.3 is 5.32 Å². The first-order valence-electron chi connectivity index (χ1n) is 6.34. The maximum atomic E-state index is 12.9. The highest BCUT2D eigenvalue weighted by molar-refractivity contribution is 7.92. The van der Waals surface area contributed by atoms with E-state index in [4.69, 9.17) is 0 Å². The van der Waals surface area contributed by atoms with Gasteiger partial charge in [0.25, 0.3) is 0 Å². The van der Waals surface area contributed by atoms with Gasteiger partial charge in [-0.3, -0.25) is 0 Å². The first-order valence-corrected chi connectivity index (χ1v) is 7.89. The number of alkyl halides is 3. The minimum atomic E-state index is -4.66. The molecule has 1 aliphatic carbocycles. The molecular weight excluding hydrogens is 291 g/mol. The summed E-state index contributed by atoms with van der Waals surface area (Å²) in [7, 11) is -2.23. The molecule has 1 aromatic carbocycles. The fourth-order valence-electron chi connectivity index (χ4n) is 2.61. The molecule has 1 saturated carbocycles. The van der Waals surface area contributed by atoms with Gasteiger partial charge in [-0.2, -0.15) is 13.2 Å². The first-order chi connectivity index (χ1) is 9.26. The maximum Gasteiger partial charge on any atom is 0.417 e.